The van der Waals surface area contributed by atoms with Crippen molar-refractivity contribution >= 4 is 22.8 Å². The van der Waals surface area contributed by atoms with Crippen LogP contribution >= 0.6 is 0 Å². The number of rotatable bonds is 3. The molecule has 2 N–H and O–H groups in total. The lowest BCUT2D eigenvalue weighted by atomic mass is 9.78. The van der Waals surface area contributed by atoms with Crippen LogP contribution in [0.15, 0.2) is 90.1 Å². The van der Waals surface area contributed by atoms with Gasteiger partial charge in [0.15, 0.2) is 5.78 Å². The third kappa shape index (κ3) is 3.46. The number of nitro benzene ring substituents is 1. The van der Waals surface area contributed by atoms with Gasteiger partial charge in [0, 0.05) is 23.8 Å². The Morgan fingerprint density at radius 2 is 1.52 bits per heavy atom. The predicted octanol–water partition coefficient (Wildman–Crippen LogP) is 5.57. The van der Waals surface area contributed by atoms with E-state index < -0.39 is 6.04 Å². The third-order valence-electron chi connectivity index (χ3n) is 6.02. The van der Waals surface area contributed by atoms with Crippen LogP contribution in [0.2, 0.25) is 0 Å². The van der Waals surface area contributed by atoms with E-state index in [9.17, 15) is 14.9 Å². The minimum Gasteiger partial charge on any atom is -0.372 e. The van der Waals surface area contributed by atoms with Gasteiger partial charge >= 0.3 is 0 Å². The van der Waals surface area contributed by atoms with Crippen molar-refractivity contribution < 1.29 is 9.72 Å². The Morgan fingerprint density at radius 1 is 0.839 bits per heavy atom. The highest BCUT2D eigenvalue weighted by molar-refractivity contribution is 6.01. The molecule has 3 aromatic carbocycles. The highest BCUT2D eigenvalue weighted by Gasteiger charge is 2.38. The van der Waals surface area contributed by atoms with Gasteiger partial charge in [-0.05, 0) is 36.1 Å². The summed E-state index contributed by atoms with van der Waals surface area (Å²) in [7, 11) is 0. The zero-order valence-electron chi connectivity index (χ0n) is 16.7. The smallest absolute Gasteiger partial charge is 0.275 e. The molecule has 0 amide bonds. The lowest BCUT2D eigenvalue weighted by molar-refractivity contribution is -0.385. The van der Waals surface area contributed by atoms with Gasteiger partial charge < -0.3 is 10.6 Å². The fraction of sp³-hybridized carbons (Fsp3) is 0.160. The molecule has 5 rings (SSSR count). The number of hydrogen-bond donors (Lipinski definition) is 2. The Kier molecular flexibility index (Phi) is 4.75. The number of nitrogens with one attached hydrogen (secondary N) is 2. The number of benzene rings is 3. The zero-order valence-corrected chi connectivity index (χ0v) is 16.7. The van der Waals surface area contributed by atoms with E-state index in [0.29, 0.717) is 24.0 Å². The Balaban J connectivity index is 1.66. The Hall–Kier alpha value is -3.93. The molecule has 154 valence electrons. The molecule has 31 heavy (non-hydrogen) atoms. The van der Waals surface area contributed by atoms with E-state index in [1.165, 1.54) is 6.07 Å². The number of allylic oxidation sites excluding steroid dienone is 1. The first-order valence-electron chi connectivity index (χ1n) is 10.3. The van der Waals surface area contributed by atoms with E-state index >= 15 is 0 Å². The summed E-state index contributed by atoms with van der Waals surface area (Å²) < 4.78 is 0. The van der Waals surface area contributed by atoms with Gasteiger partial charge in [-0.3, -0.25) is 14.9 Å². The topological polar surface area (TPSA) is 84.3 Å². The Labute approximate surface area is 179 Å². The largest absolute Gasteiger partial charge is 0.372 e. The van der Waals surface area contributed by atoms with Gasteiger partial charge in [0.25, 0.3) is 5.69 Å². The molecule has 1 aliphatic carbocycles. The summed E-state index contributed by atoms with van der Waals surface area (Å²) in [5, 5.41) is 18.6. The van der Waals surface area contributed by atoms with Gasteiger partial charge in [-0.15, -0.1) is 0 Å². The van der Waals surface area contributed by atoms with Crippen molar-refractivity contribution in [2.45, 2.75) is 24.8 Å². The second kappa shape index (κ2) is 7.72. The van der Waals surface area contributed by atoms with Crippen LogP contribution in [0.4, 0.5) is 17.1 Å². The molecule has 6 heteroatoms. The van der Waals surface area contributed by atoms with Gasteiger partial charge in [0.2, 0.25) is 0 Å². The van der Waals surface area contributed by atoms with Crippen LogP contribution in [0.3, 0.4) is 0 Å². The number of carbonyl (C=O) groups excluding carboxylic acids is 1. The fourth-order valence-corrected chi connectivity index (χ4v) is 4.58. The molecule has 0 spiro atoms. The molecule has 0 radical (unpaired) electrons. The van der Waals surface area contributed by atoms with Crippen molar-refractivity contribution in [2.75, 3.05) is 10.6 Å². The van der Waals surface area contributed by atoms with Gasteiger partial charge in [-0.2, -0.15) is 0 Å². The summed E-state index contributed by atoms with van der Waals surface area (Å²) >= 11 is 0. The maximum atomic E-state index is 13.5. The summed E-state index contributed by atoms with van der Waals surface area (Å²) in [6.07, 6.45) is 1.04. The van der Waals surface area contributed by atoms with Gasteiger partial charge in [-0.25, -0.2) is 0 Å². The molecular weight excluding hydrogens is 390 g/mol. The maximum absolute atomic E-state index is 13.5. The highest BCUT2D eigenvalue weighted by atomic mass is 16.6. The Bertz CT molecular complexity index is 1200. The molecule has 3 aromatic rings. The molecule has 2 aliphatic rings. The number of carbonyl (C=O) groups is 1. The highest BCUT2D eigenvalue weighted by Crippen LogP contribution is 2.45. The first kappa shape index (κ1) is 19.1. The van der Waals surface area contributed by atoms with E-state index in [0.717, 1.165) is 22.6 Å². The molecule has 0 bridgehead atoms. The number of anilines is 2. The lowest BCUT2D eigenvalue weighted by Gasteiger charge is -2.29. The fourth-order valence-electron chi connectivity index (χ4n) is 4.58. The second-order valence-electron chi connectivity index (χ2n) is 7.90. The van der Waals surface area contributed by atoms with Crippen LogP contribution in [0, 0.1) is 10.1 Å². The monoisotopic (exact) mass is 411 g/mol. The lowest BCUT2D eigenvalue weighted by Crippen LogP contribution is -2.27. The third-order valence-corrected chi connectivity index (χ3v) is 6.02. The zero-order chi connectivity index (χ0) is 21.4. The number of ketones is 1. The van der Waals surface area contributed by atoms with Gasteiger partial charge in [0.1, 0.15) is 0 Å². The number of Topliss-reactive ketones (excluding diaryl/α,β-unsaturated/α-hetero) is 1. The van der Waals surface area contributed by atoms with E-state index in [2.05, 4.69) is 10.6 Å². The molecular formula is C25H21N3O3. The first-order chi connectivity index (χ1) is 15.1. The normalized spacial score (nSPS) is 20.1. The van der Waals surface area contributed by atoms with Crippen LogP contribution in [-0.4, -0.2) is 10.7 Å². The van der Waals surface area contributed by atoms with E-state index in [-0.39, 0.29) is 22.3 Å². The van der Waals surface area contributed by atoms with Crippen molar-refractivity contribution in [3.63, 3.8) is 0 Å². The number of fused-ring (bicyclic) bond motifs is 1. The van der Waals surface area contributed by atoms with Crippen LogP contribution in [0.25, 0.3) is 0 Å². The summed E-state index contributed by atoms with van der Waals surface area (Å²) in [5.41, 5.74) is 4.69. The molecule has 0 saturated heterocycles. The molecule has 6 nitrogen and oxygen atoms in total. The van der Waals surface area contributed by atoms with Crippen molar-refractivity contribution in [3.8, 4) is 0 Å². The molecule has 1 heterocycles. The summed E-state index contributed by atoms with van der Waals surface area (Å²) in [6.45, 7) is 0. The van der Waals surface area contributed by atoms with Crippen LogP contribution in [0.1, 0.15) is 35.9 Å². The summed E-state index contributed by atoms with van der Waals surface area (Å²) in [4.78, 5) is 24.8. The van der Waals surface area contributed by atoms with E-state index in [1.54, 1.807) is 18.2 Å². The SMILES string of the molecule is O=C1C[C@@H](c2ccccc2)CC2=C1[C@@H](c1ccccc1[N+](=O)[O-])Nc1ccccc1N2. The van der Waals surface area contributed by atoms with Gasteiger partial charge in [0.05, 0.1) is 27.9 Å². The first-order valence-corrected chi connectivity index (χ1v) is 10.3. The van der Waals surface area contributed by atoms with Crippen LogP contribution in [0.5, 0.6) is 0 Å². The molecule has 0 saturated carbocycles. The van der Waals surface area contributed by atoms with Gasteiger partial charge in [-0.1, -0.05) is 54.6 Å². The van der Waals surface area contributed by atoms with E-state index in [1.807, 2.05) is 54.6 Å². The number of hydrogen-bond acceptors (Lipinski definition) is 5. The Morgan fingerprint density at radius 3 is 2.29 bits per heavy atom. The summed E-state index contributed by atoms with van der Waals surface area (Å²) in [5.74, 6) is 0.0719. The van der Waals surface area contributed by atoms with Crippen LogP contribution < -0.4 is 10.6 Å². The quantitative estimate of drug-likeness (QED) is 0.434. The van der Waals surface area contributed by atoms with Crippen molar-refractivity contribution in [1.29, 1.82) is 0 Å². The minimum absolute atomic E-state index is 0.00390. The predicted molar refractivity (Wildman–Crippen MR) is 120 cm³/mol. The van der Waals surface area contributed by atoms with Crippen molar-refractivity contribution in [1.82, 2.24) is 0 Å². The minimum atomic E-state index is -0.600. The molecule has 1 aliphatic heterocycles. The summed E-state index contributed by atoms with van der Waals surface area (Å²) in [6, 6.07) is 23.8. The molecule has 0 unspecified atom stereocenters. The maximum Gasteiger partial charge on any atom is 0.275 e. The number of nitro groups is 1. The average Bonchev–Trinajstić information content (AvgIpc) is 2.96. The van der Waals surface area contributed by atoms with Crippen LogP contribution in [-0.2, 0) is 4.79 Å². The van der Waals surface area contributed by atoms with E-state index in [4.69, 9.17) is 0 Å². The molecule has 0 fully saturated rings. The van der Waals surface area contributed by atoms with Crippen molar-refractivity contribution in [2.24, 2.45) is 0 Å². The number of nitrogens with zero attached hydrogens (tertiary/aromatic N) is 1. The standard InChI is InChI=1S/C25H21N3O3/c29-23-15-17(16-8-2-1-3-9-16)14-21-24(23)25(18-10-4-7-13-22(18)28(30)31)27-20-12-6-5-11-19(20)26-21/h1-13,17,25-27H,14-15H2/t17-,25+/m0/s1. The molecule has 0 aromatic heterocycles. The number of para-hydroxylation sites is 3. The molecule has 2 atom stereocenters. The van der Waals surface area contributed by atoms with Crippen molar-refractivity contribution in [3.05, 3.63) is 111 Å². The average molecular weight is 411 g/mol. The second-order valence-corrected chi connectivity index (χ2v) is 7.90.